The SMILES string of the molecule is CNC(=O)n1ccc(S)c(C)c1=O. The molecule has 0 saturated carbocycles. The third-order valence-electron chi connectivity index (χ3n) is 1.74. The van der Waals surface area contributed by atoms with Gasteiger partial charge in [-0.05, 0) is 13.0 Å². The van der Waals surface area contributed by atoms with Crippen molar-refractivity contribution in [3.8, 4) is 0 Å². The maximum atomic E-state index is 11.4. The summed E-state index contributed by atoms with van der Waals surface area (Å²) in [5, 5.41) is 2.37. The zero-order valence-corrected chi connectivity index (χ0v) is 8.26. The Hall–Kier alpha value is -1.23. The standard InChI is InChI=1S/C8H10N2O2S/c1-5-6(13)3-4-10(7(5)11)8(12)9-2/h3-4,13H,1-2H3,(H,9,12). The van der Waals surface area contributed by atoms with Gasteiger partial charge < -0.3 is 5.32 Å². The molecule has 5 heteroatoms. The van der Waals surface area contributed by atoms with Crippen LogP contribution in [0.4, 0.5) is 4.79 Å². The van der Waals surface area contributed by atoms with Crippen LogP contribution in [-0.2, 0) is 0 Å². The van der Waals surface area contributed by atoms with Crippen LogP contribution < -0.4 is 10.9 Å². The third kappa shape index (κ3) is 1.75. The van der Waals surface area contributed by atoms with Crippen molar-refractivity contribution in [2.24, 2.45) is 0 Å². The van der Waals surface area contributed by atoms with Crippen LogP contribution >= 0.6 is 12.6 Å². The number of aromatic nitrogens is 1. The summed E-state index contributed by atoms with van der Waals surface area (Å²) in [7, 11) is 1.47. The van der Waals surface area contributed by atoms with Crippen LogP contribution in [0.2, 0.25) is 0 Å². The monoisotopic (exact) mass is 198 g/mol. The van der Waals surface area contributed by atoms with Crippen LogP contribution in [0, 0.1) is 6.92 Å². The highest BCUT2D eigenvalue weighted by molar-refractivity contribution is 7.80. The van der Waals surface area contributed by atoms with Gasteiger partial charge in [-0.1, -0.05) is 0 Å². The fraction of sp³-hybridized carbons (Fsp3) is 0.250. The molecule has 0 saturated heterocycles. The zero-order valence-electron chi connectivity index (χ0n) is 7.37. The van der Waals surface area contributed by atoms with E-state index in [1.165, 1.54) is 13.2 Å². The Morgan fingerprint density at radius 1 is 1.62 bits per heavy atom. The number of amides is 1. The van der Waals surface area contributed by atoms with Gasteiger partial charge in [0.05, 0.1) is 0 Å². The maximum absolute atomic E-state index is 11.4. The normalized spacial score (nSPS) is 9.77. The molecule has 1 N–H and O–H groups in total. The van der Waals surface area contributed by atoms with Gasteiger partial charge >= 0.3 is 6.03 Å². The van der Waals surface area contributed by atoms with Gasteiger partial charge in [-0.2, -0.15) is 0 Å². The van der Waals surface area contributed by atoms with E-state index in [-0.39, 0.29) is 5.56 Å². The number of rotatable bonds is 0. The highest BCUT2D eigenvalue weighted by atomic mass is 32.1. The van der Waals surface area contributed by atoms with Gasteiger partial charge in [0.2, 0.25) is 0 Å². The molecule has 0 bridgehead atoms. The van der Waals surface area contributed by atoms with Crippen LogP contribution in [0.25, 0.3) is 0 Å². The van der Waals surface area contributed by atoms with Crippen molar-refractivity contribution >= 4 is 18.7 Å². The number of hydrogen-bond acceptors (Lipinski definition) is 3. The van der Waals surface area contributed by atoms with Crippen molar-refractivity contribution < 1.29 is 4.79 Å². The summed E-state index contributed by atoms with van der Waals surface area (Å²) >= 11 is 4.07. The summed E-state index contributed by atoms with van der Waals surface area (Å²) in [5.74, 6) is 0. The minimum absolute atomic E-state index is 0.341. The lowest BCUT2D eigenvalue weighted by Crippen LogP contribution is -2.34. The number of carbonyl (C=O) groups is 1. The number of hydrogen-bond donors (Lipinski definition) is 2. The summed E-state index contributed by atoms with van der Waals surface area (Å²) in [4.78, 5) is 23.2. The lowest BCUT2D eigenvalue weighted by Gasteiger charge is -2.04. The zero-order chi connectivity index (χ0) is 10.0. The third-order valence-corrected chi connectivity index (χ3v) is 2.22. The quantitative estimate of drug-likeness (QED) is 0.601. The van der Waals surface area contributed by atoms with E-state index in [4.69, 9.17) is 0 Å². The molecule has 1 heterocycles. The molecule has 0 atom stereocenters. The van der Waals surface area contributed by atoms with Gasteiger partial charge in [0.1, 0.15) is 0 Å². The van der Waals surface area contributed by atoms with E-state index in [2.05, 4.69) is 17.9 Å². The van der Waals surface area contributed by atoms with Crippen molar-refractivity contribution in [3.63, 3.8) is 0 Å². The van der Waals surface area contributed by atoms with Crippen molar-refractivity contribution in [1.82, 2.24) is 9.88 Å². The Morgan fingerprint density at radius 3 is 2.77 bits per heavy atom. The second kappa shape index (κ2) is 3.66. The smallest absolute Gasteiger partial charge is 0.328 e. The lowest BCUT2D eigenvalue weighted by atomic mass is 10.3. The summed E-state index contributed by atoms with van der Waals surface area (Å²) in [6.45, 7) is 1.63. The van der Waals surface area contributed by atoms with E-state index >= 15 is 0 Å². The first kappa shape index (κ1) is 9.85. The second-order valence-electron chi connectivity index (χ2n) is 2.56. The Balaban J connectivity index is 3.35. The molecule has 70 valence electrons. The predicted molar refractivity (Wildman–Crippen MR) is 52.5 cm³/mol. The molecule has 0 aliphatic heterocycles. The van der Waals surface area contributed by atoms with Gasteiger partial charge in [0, 0.05) is 23.7 Å². The largest absolute Gasteiger partial charge is 0.340 e. The van der Waals surface area contributed by atoms with Crippen LogP contribution in [0.3, 0.4) is 0 Å². The molecule has 0 spiro atoms. The summed E-state index contributed by atoms with van der Waals surface area (Å²) in [6, 6.07) is 1.16. The van der Waals surface area contributed by atoms with E-state index in [0.29, 0.717) is 10.5 Å². The minimum atomic E-state index is -0.443. The number of thiol groups is 1. The number of nitrogens with zero attached hydrogens (tertiary/aromatic N) is 1. The van der Waals surface area contributed by atoms with Crippen molar-refractivity contribution in [3.05, 3.63) is 28.2 Å². The Labute approximate surface area is 81.0 Å². The lowest BCUT2D eigenvalue weighted by molar-refractivity contribution is 0.243. The molecule has 0 aromatic carbocycles. The maximum Gasteiger partial charge on any atom is 0.328 e. The fourth-order valence-electron chi connectivity index (χ4n) is 0.908. The van der Waals surface area contributed by atoms with Gasteiger partial charge in [-0.15, -0.1) is 12.6 Å². The molecule has 0 unspecified atom stereocenters. The molecule has 1 aromatic rings. The molecule has 0 fully saturated rings. The van der Waals surface area contributed by atoms with Crippen LogP contribution in [-0.4, -0.2) is 17.6 Å². The molecule has 1 aromatic heterocycles. The molecule has 4 nitrogen and oxygen atoms in total. The van der Waals surface area contributed by atoms with Gasteiger partial charge in [0.25, 0.3) is 5.56 Å². The van der Waals surface area contributed by atoms with E-state index in [0.717, 1.165) is 4.57 Å². The van der Waals surface area contributed by atoms with Gasteiger partial charge in [0.15, 0.2) is 0 Å². The molecule has 0 radical (unpaired) electrons. The first-order chi connectivity index (χ1) is 6.07. The number of pyridine rings is 1. The van der Waals surface area contributed by atoms with Crippen LogP contribution in [0.5, 0.6) is 0 Å². The van der Waals surface area contributed by atoms with Gasteiger partial charge in [-0.3, -0.25) is 4.79 Å². The number of nitrogens with one attached hydrogen (secondary N) is 1. The molecule has 1 rings (SSSR count). The Bertz CT molecular complexity index is 398. The highest BCUT2D eigenvalue weighted by Crippen LogP contribution is 2.06. The van der Waals surface area contributed by atoms with E-state index in [1.807, 2.05) is 0 Å². The van der Waals surface area contributed by atoms with E-state index in [1.54, 1.807) is 13.0 Å². The molecule has 0 aliphatic carbocycles. The molecule has 0 aliphatic rings. The van der Waals surface area contributed by atoms with E-state index < -0.39 is 6.03 Å². The molecular weight excluding hydrogens is 188 g/mol. The highest BCUT2D eigenvalue weighted by Gasteiger charge is 2.07. The summed E-state index contributed by atoms with van der Waals surface area (Å²) in [6.07, 6.45) is 1.40. The first-order valence-electron chi connectivity index (χ1n) is 3.71. The minimum Gasteiger partial charge on any atom is -0.340 e. The Morgan fingerprint density at radius 2 is 2.23 bits per heavy atom. The summed E-state index contributed by atoms with van der Waals surface area (Å²) < 4.78 is 1.01. The molecular formula is C8H10N2O2S. The predicted octanol–water partition coefficient (Wildman–Crippen LogP) is 0.633. The Kier molecular flexibility index (Phi) is 2.77. The molecule has 1 amide bonds. The van der Waals surface area contributed by atoms with Crippen molar-refractivity contribution in [1.29, 1.82) is 0 Å². The second-order valence-corrected chi connectivity index (χ2v) is 3.04. The topological polar surface area (TPSA) is 51.1 Å². The van der Waals surface area contributed by atoms with Crippen LogP contribution in [0.15, 0.2) is 22.0 Å². The average Bonchev–Trinajstić information content (AvgIpc) is 2.13. The van der Waals surface area contributed by atoms with Crippen molar-refractivity contribution in [2.75, 3.05) is 7.05 Å². The summed E-state index contributed by atoms with van der Waals surface area (Å²) in [5.41, 5.74) is 0.126. The molecule has 13 heavy (non-hydrogen) atoms. The van der Waals surface area contributed by atoms with Crippen molar-refractivity contribution in [2.45, 2.75) is 11.8 Å². The van der Waals surface area contributed by atoms with Gasteiger partial charge in [-0.25, -0.2) is 9.36 Å². The average molecular weight is 198 g/mol. The fourth-order valence-corrected chi connectivity index (χ4v) is 1.07. The number of carbonyl (C=O) groups excluding carboxylic acids is 1. The van der Waals surface area contributed by atoms with Crippen LogP contribution in [0.1, 0.15) is 5.56 Å². The van der Waals surface area contributed by atoms with E-state index in [9.17, 15) is 9.59 Å². The first-order valence-corrected chi connectivity index (χ1v) is 4.16.